The Morgan fingerprint density at radius 1 is 1.21 bits per heavy atom. The van der Waals surface area contributed by atoms with Gasteiger partial charge in [0.15, 0.2) is 0 Å². The third kappa shape index (κ3) is 1.87. The molecular weight excluding hydrogens is 240 g/mol. The lowest BCUT2D eigenvalue weighted by molar-refractivity contribution is 0.862. The molecule has 1 aromatic heterocycles. The second kappa shape index (κ2) is 3.96. The minimum atomic E-state index is 0.894. The van der Waals surface area contributed by atoms with Gasteiger partial charge in [-0.05, 0) is 30.7 Å². The molecule has 0 unspecified atom stereocenters. The minimum absolute atomic E-state index is 0.894. The SMILES string of the molecule is Cc1ccn(-c2ccc(CBr)cc2)n1. The first-order chi connectivity index (χ1) is 6.79. The van der Waals surface area contributed by atoms with Crippen molar-refractivity contribution < 1.29 is 0 Å². The quantitative estimate of drug-likeness (QED) is 0.750. The van der Waals surface area contributed by atoms with E-state index in [0.717, 1.165) is 16.7 Å². The number of rotatable bonds is 2. The number of halogens is 1. The molecule has 2 rings (SSSR count). The molecule has 2 nitrogen and oxygen atoms in total. The first-order valence-corrected chi connectivity index (χ1v) is 5.59. The second-order valence-electron chi connectivity index (χ2n) is 3.20. The van der Waals surface area contributed by atoms with E-state index in [9.17, 15) is 0 Å². The van der Waals surface area contributed by atoms with Crippen molar-refractivity contribution in [3.63, 3.8) is 0 Å². The molecule has 0 N–H and O–H groups in total. The molecule has 0 radical (unpaired) electrons. The van der Waals surface area contributed by atoms with E-state index in [0.29, 0.717) is 0 Å². The number of hydrogen-bond acceptors (Lipinski definition) is 1. The predicted molar refractivity (Wildman–Crippen MR) is 60.9 cm³/mol. The zero-order chi connectivity index (χ0) is 9.97. The monoisotopic (exact) mass is 250 g/mol. The van der Waals surface area contributed by atoms with Gasteiger partial charge in [-0.3, -0.25) is 0 Å². The number of aromatic nitrogens is 2. The minimum Gasteiger partial charge on any atom is -0.241 e. The van der Waals surface area contributed by atoms with Crippen molar-refractivity contribution in [2.75, 3.05) is 0 Å². The maximum absolute atomic E-state index is 4.34. The van der Waals surface area contributed by atoms with Crippen molar-refractivity contribution in [3.05, 3.63) is 47.8 Å². The lowest BCUT2D eigenvalue weighted by Gasteiger charge is -2.01. The van der Waals surface area contributed by atoms with Crippen LogP contribution in [0, 0.1) is 6.92 Å². The summed E-state index contributed by atoms with van der Waals surface area (Å²) < 4.78 is 1.88. The van der Waals surface area contributed by atoms with E-state index >= 15 is 0 Å². The van der Waals surface area contributed by atoms with Crippen LogP contribution in [0.3, 0.4) is 0 Å². The van der Waals surface area contributed by atoms with Gasteiger partial charge in [0.05, 0.1) is 11.4 Å². The summed E-state index contributed by atoms with van der Waals surface area (Å²) in [6.07, 6.45) is 1.97. The zero-order valence-electron chi connectivity index (χ0n) is 7.94. The summed E-state index contributed by atoms with van der Waals surface area (Å²) in [4.78, 5) is 0. The Morgan fingerprint density at radius 2 is 1.93 bits per heavy atom. The Balaban J connectivity index is 2.33. The molecule has 2 aromatic rings. The van der Waals surface area contributed by atoms with Crippen LogP contribution in [0.15, 0.2) is 36.5 Å². The standard InChI is InChI=1S/C11H11BrN2/c1-9-6-7-14(13-9)11-4-2-10(8-12)3-5-11/h2-7H,8H2,1H3. The molecule has 1 heterocycles. The van der Waals surface area contributed by atoms with E-state index in [2.05, 4.69) is 45.3 Å². The maximum atomic E-state index is 4.34. The highest BCUT2D eigenvalue weighted by Gasteiger charge is 1.97. The first kappa shape index (κ1) is 9.46. The molecule has 0 atom stereocenters. The molecule has 0 saturated carbocycles. The van der Waals surface area contributed by atoms with E-state index in [1.54, 1.807) is 0 Å². The van der Waals surface area contributed by atoms with E-state index in [1.807, 2.05) is 23.9 Å². The fraction of sp³-hybridized carbons (Fsp3) is 0.182. The lowest BCUT2D eigenvalue weighted by Crippen LogP contribution is -1.94. The molecule has 0 amide bonds. The zero-order valence-corrected chi connectivity index (χ0v) is 9.53. The van der Waals surface area contributed by atoms with Crippen LogP contribution >= 0.6 is 15.9 Å². The summed E-state index contributed by atoms with van der Waals surface area (Å²) in [5.41, 5.74) is 3.41. The molecule has 0 aliphatic rings. The Morgan fingerprint density at radius 3 is 2.43 bits per heavy atom. The van der Waals surface area contributed by atoms with Gasteiger partial charge in [0.2, 0.25) is 0 Å². The molecule has 14 heavy (non-hydrogen) atoms. The predicted octanol–water partition coefficient (Wildman–Crippen LogP) is 3.08. The van der Waals surface area contributed by atoms with E-state index in [-0.39, 0.29) is 0 Å². The summed E-state index contributed by atoms with van der Waals surface area (Å²) in [5, 5.41) is 5.24. The van der Waals surface area contributed by atoms with Gasteiger partial charge in [-0.2, -0.15) is 5.10 Å². The van der Waals surface area contributed by atoms with Crippen LogP contribution in [-0.2, 0) is 5.33 Å². The fourth-order valence-electron chi connectivity index (χ4n) is 1.30. The summed E-state index contributed by atoms with van der Waals surface area (Å²) in [7, 11) is 0. The van der Waals surface area contributed by atoms with Gasteiger partial charge in [-0.1, -0.05) is 28.1 Å². The van der Waals surface area contributed by atoms with Gasteiger partial charge in [-0.15, -0.1) is 0 Å². The first-order valence-electron chi connectivity index (χ1n) is 4.47. The maximum Gasteiger partial charge on any atom is 0.0645 e. The van der Waals surface area contributed by atoms with Crippen molar-refractivity contribution >= 4 is 15.9 Å². The summed E-state index contributed by atoms with van der Waals surface area (Å²) >= 11 is 3.42. The normalized spacial score (nSPS) is 10.4. The van der Waals surface area contributed by atoms with Crippen LogP contribution in [-0.4, -0.2) is 9.78 Å². The van der Waals surface area contributed by atoms with Gasteiger partial charge in [0, 0.05) is 11.5 Å². The largest absolute Gasteiger partial charge is 0.241 e. The van der Waals surface area contributed by atoms with Crippen molar-refractivity contribution in [3.8, 4) is 5.69 Å². The van der Waals surface area contributed by atoms with Gasteiger partial charge >= 0.3 is 0 Å². The topological polar surface area (TPSA) is 17.8 Å². The van der Waals surface area contributed by atoms with Crippen LogP contribution in [0.1, 0.15) is 11.3 Å². The van der Waals surface area contributed by atoms with Crippen LogP contribution in [0.25, 0.3) is 5.69 Å². The Bertz CT molecular complexity index is 417. The van der Waals surface area contributed by atoms with Crippen LogP contribution in [0.5, 0.6) is 0 Å². The summed E-state index contributed by atoms with van der Waals surface area (Å²) in [6.45, 7) is 1.99. The number of hydrogen-bond donors (Lipinski definition) is 0. The van der Waals surface area contributed by atoms with Gasteiger partial charge in [-0.25, -0.2) is 4.68 Å². The molecule has 1 aromatic carbocycles. The third-order valence-electron chi connectivity index (χ3n) is 2.08. The van der Waals surface area contributed by atoms with Gasteiger partial charge < -0.3 is 0 Å². The van der Waals surface area contributed by atoms with Crippen molar-refractivity contribution in [2.45, 2.75) is 12.3 Å². The molecule has 0 aliphatic carbocycles. The highest BCUT2D eigenvalue weighted by molar-refractivity contribution is 9.08. The number of alkyl halides is 1. The molecule has 0 spiro atoms. The molecular formula is C11H11BrN2. The Hall–Kier alpha value is -1.09. The fourth-order valence-corrected chi connectivity index (χ4v) is 1.67. The van der Waals surface area contributed by atoms with Crippen molar-refractivity contribution in [1.29, 1.82) is 0 Å². The highest BCUT2D eigenvalue weighted by Crippen LogP contribution is 2.11. The van der Waals surface area contributed by atoms with E-state index in [4.69, 9.17) is 0 Å². The van der Waals surface area contributed by atoms with Gasteiger partial charge in [0.1, 0.15) is 0 Å². The number of aryl methyl sites for hydroxylation is 1. The lowest BCUT2D eigenvalue weighted by atomic mass is 10.2. The molecule has 72 valence electrons. The number of benzene rings is 1. The van der Waals surface area contributed by atoms with Crippen LogP contribution < -0.4 is 0 Å². The molecule has 0 saturated heterocycles. The Kier molecular flexibility index (Phi) is 2.68. The van der Waals surface area contributed by atoms with Crippen molar-refractivity contribution in [2.24, 2.45) is 0 Å². The average molecular weight is 251 g/mol. The average Bonchev–Trinajstić information content (AvgIpc) is 2.65. The van der Waals surface area contributed by atoms with E-state index < -0.39 is 0 Å². The molecule has 0 fully saturated rings. The molecule has 3 heteroatoms. The Labute approximate surface area is 91.7 Å². The third-order valence-corrected chi connectivity index (χ3v) is 2.73. The van der Waals surface area contributed by atoms with E-state index in [1.165, 1.54) is 5.56 Å². The second-order valence-corrected chi connectivity index (χ2v) is 3.76. The highest BCUT2D eigenvalue weighted by atomic mass is 79.9. The van der Waals surface area contributed by atoms with Gasteiger partial charge in [0.25, 0.3) is 0 Å². The van der Waals surface area contributed by atoms with Crippen molar-refractivity contribution in [1.82, 2.24) is 9.78 Å². The number of nitrogens with zero attached hydrogens (tertiary/aromatic N) is 2. The summed E-state index contributed by atoms with van der Waals surface area (Å²) in [5.74, 6) is 0. The molecule has 0 aliphatic heterocycles. The van der Waals surface area contributed by atoms with Crippen LogP contribution in [0.4, 0.5) is 0 Å². The smallest absolute Gasteiger partial charge is 0.0645 e. The molecule has 0 bridgehead atoms. The summed E-state index contributed by atoms with van der Waals surface area (Å²) in [6, 6.07) is 10.3. The van der Waals surface area contributed by atoms with Crippen LogP contribution in [0.2, 0.25) is 0 Å².